The second kappa shape index (κ2) is 8.13. The molecular weight excluding hydrogens is 378 g/mol. The minimum absolute atomic E-state index is 0.605. The lowest BCUT2D eigenvalue weighted by atomic mass is 10.2. The number of rotatable bonds is 8. The van der Waals surface area contributed by atoms with Crippen LogP contribution in [0.2, 0.25) is 0 Å². The molecule has 9 heteroatoms. The number of nitrogens with zero attached hydrogens (tertiary/aromatic N) is 2. The van der Waals surface area contributed by atoms with Gasteiger partial charge in [0.05, 0.1) is 35.9 Å². The summed E-state index contributed by atoms with van der Waals surface area (Å²) in [6.07, 6.45) is 1.67. The summed E-state index contributed by atoms with van der Waals surface area (Å²) in [5.41, 5.74) is 1.38. The molecule has 0 atom stereocenters. The van der Waals surface area contributed by atoms with Crippen molar-refractivity contribution in [2.45, 2.75) is 11.8 Å². The van der Waals surface area contributed by atoms with E-state index in [0.717, 1.165) is 27.5 Å². The van der Waals surface area contributed by atoms with Crippen LogP contribution in [0.5, 0.6) is 11.5 Å². The Hall–Kier alpha value is -3.33. The predicted molar refractivity (Wildman–Crippen MR) is 110 cm³/mol. The molecule has 0 amide bonds. The lowest BCUT2D eigenvalue weighted by Crippen LogP contribution is -1.96. The number of benzene rings is 2. The maximum Gasteiger partial charge on any atom is 0.187 e. The Labute approximate surface area is 165 Å². The molecule has 8 nitrogen and oxygen atoms in total. The number of ether oxygens (including phenoxy) is 2. The maximum atomic E-state index is 5.66. The van der Waals surface area contributed by atoms with Crippen LogP contribution in [0.15, 0.2) is 58.1 Å². The molecule has 28 heavy (non-hydrogen) atoms. The molecule has 2 aromatic carbocycles. The molecule has 0 aliphatic rings. The minimum Gasteiger partial charge on any atom is -0.495 e. The third kappa shape index (κ3) is 3.70. The molecule has 144 valence electrons. The summed E-state index contributed by atoms with van der Waals surface area (Å²) in [4.78, 5) is 0.963. The molecule has 4 aromatic rings. The molecule has 0 spiro atoms. The van der Waals surface area contributed by atoms with Gasteiger partial charge in [0.2, 0.25) is 0 Å². The quantitative estimate of drug-likeness (QED) is 0.364. The third-order valence-electron chi connectivity index (χ3n) is 3.97. The number of nitrogens with one attached hydrogen (secondary N) is 3. The van der Waals surface area contributed by atoms with Crippen LogP contribution in [0.25, 0.3) is 11.0 Å². The first kappa shape index (κ1) is 18.1. The summed E-state index contributed by atoms with van der Waals surface area (Å²) < 4.78 is 19.9. The van der Waals surface area contributed by atoms with E-state index >= 15 is 0 Å². The van der Waals surface area contributed by atoms with Gasteiger partial charge in [0, 0.05) is 12.1 Å². The Bertz CT molecular complexity index is 1060. The molecule has 0 saturated carbocycles. The second-order valence-electron chi connectivity index (χ2n) is 5.76. The molecule has 2 aromatic heterocycles. The van der Waals surface area contributed by atoms with Crippen molar-refractivity contribution in [1.82, 2.24) is 15.4 Å². The number of H-pyrrole nitrogens is 1. The van der Waals surface area contributed by atoms with Crippen molar-refractivity contribution >= 4 is 40.2 Å². The molecule has 0 unspecified atom stereocenters. The highest BCUT2D eigenvalue weighted by molar-refractivity contribution is 8.00. The van der Waals surface area contributed by atoms with E-state index in [4.69, 9.17) is 14.0 Å². The Kier molecular flexibility index (Phi) is 5.24. The van der Waals surface area contributed by atoms with Gasteiger partial charge in [-0.1, -0.05) is 17.3 Å². The van der Waals surface area contributed by atoms with Gasteiger partial charge in [-0.25, -0.2) is 0 Å². The summed E-state index contributed by atoms with van der Waals surface area (Å²) in [7, 11) is 1.62. The van der Waals surface area contributed by atoms with E-state index in [1.54, 1.807) is 13.3 Å². The van der Waals surface area contributed by atoms with Crippen molar-refractivity contribution in [3.8, 4) is 11.5 Å². The van der Waals surface area contributed by atoms with Gasteiger partial charge in [-0.15, -0.1) is 0 Å². The summed E-state index contributed by atoms with van der Waals surface area (Å²) in [5, 5.41) is 15.0. The van der Waals surface area contributed by atoms with E-state index < -0.39 is 0 Å². The second-order valence-corrected chi connectivity index (χ2v) is 6.61. The zero-order valence-corrected chi connectivity index (χ0v) is 16.2. The molecule has 0 radical (unpaired) electrons. The van der Waals surface area contributed by atoms with Crippen molar-refractivity contribution < 1.29 is 14.0 Å². The van der Waals surface area contributed by atoms with Crippen molar-refractivity contribution in [1.29, 1.82) is 0 Å². The normalized spacial score (nSPS) is 10.8. The first-order valence-corrected chi connectivity index (χ1v) is 9.48. The number of methoxy groups -OCH3 is 1. The zero-order chi connectivity index (χ0) is 19.3. The van der Waals surface area contributed by atoms with Gasteiger partial charge in [0.25, 0.3) is 0 Å². The monoisotopic (exact) mass is 397 g/mol. The highest BCUT2D eigenvalue weighted by atomic mass is 32.2. The molecular formula is C19H19N5O3S. The summed E-state index contributed by atoms with van der Waals surface area (Å²) in [6.45, 7) is 2.56. The number of anilines is 3. The highest BCUT2D eigenvalue weighted by Gasteiger charge is 2.15. The molecule has 0 bridgehead atoms. The van der Waals surface area contributed by atoms with Gasteiger partial charge in [-0.3, -0.25) is 5.10 Å². The predicted octanol–water partition coefficient (Wildman–Crippen LogP) is 4.82. The number of para-hydroxylation sites is 1. The van der Waals surface area contributed by atoms with E-state index in [9.17, 15) is 0 Å². The fourth-order valence-corrected chi connectivity index (χ4v) is 3.42. The standard InChI is InChI=1S/C19H19N5O3S/c1-3-26-14-6-4-5-7-17(14)28-24-19-12-10-16(25-2)13(11-15(12)27-23-19)21-18-8-9-20-22-18/h4-11H,3H2,1-2H3,(H,23,24)(H2,20,21,22). The summed E-state index contributed by atoms with van der Waals surface area (Å²) in [6, 6.07) is 13.4. The Morgan fingerprint density at radius 2 is 2.07 bits per heavy atom. The van der Waals surface area contributed by atoms with E-state index in [1.807, 2.05) is 49.4 Å². The van der Waals surface area contributed by atoms with Crippen LogP contribution in [-0.2, 0) is 0 Å². The van der Waals surface area contributed by atoms with E-state index in [2.05, 4.69) is 25.4 Å². The average molecular weight is 397 g/mol. The average Bonchev–Trinajstić information content (AvgIpc) is 3.36. The van der Waals surface area contributed by atoms with Crippen LogP contribution >= 0.6 is 11.9 Å². The van der Waals surface area contributed by atoms with Crippen LogP contribution < -0.4 is 19.5 Å². The Morgan fingerprint density at radius 1 is 1.18 bits per heavy atom. The largest absolute Gasteiger partial charge is 0.495 e. The smallest absolute Gasteiger partial charge is 0.187 e. The number of aromatic amines is 1. The van der Waals surface area contributed by atoms with Crippen LogP contribution in [0.3, 0.4) is 0 Å². The van der Waals surface area contributed by atoms with Gasteiger partial charge < -0.3 is 24.0 Å². The fraction of sp³-hybridized carbons (Fsp3) is 0.158. The first-order valence-electron chi connectivity index (χ1n) is 8.67. The minimum atomic E-state index is 0.605. The van der Waals surface area contributed by atoms with Crippen molar-refractivity contribution in [2.24, 2.45) is 0 Å². The number of aromatic nitrogens is 3. The molecule has 0 fully saturated rings. The number of fused-ring (bicyclic) bond motifs is 1. The van der Waals surface area contributed by atoms with Gasteiger partial charge in [-0.05, 0) is 37.1 Å². The molecule has 3 N–H and O–H groups in total. The van der Waals surface area contributed by atoms with Gasteiger partial charge >= 0.3 is 0 Å². The summed E-state index contributed by atoms with van der Waals surface area (Å²) in [5.74, 6) is 2.84. The van der Waals surface area contributed by atoms with Gasteiger partial charge in [-0.2, -0.15) is 5.10 Å². The highest BCUT2D eigenvalue weighted by Crippen LogP contribution is 2.37. The van der Waals surface area contributed by atoms with E-state index in [0.29, 0.717) is 23.8 Å². The van der Waals surface area contributed by atoms with Crippen LogP contribution in [0, 0.1) is 0 Å². The molecule has 0 saturated heterocycles. The molecule has 2 heterocycles. The van der Waals surface area contributed by atoms with Crippen molar-refractivity contribution in [2.75, 3.05) is 23.8 Å². The first-order chi connectivity index (χ1) is 13.8. The topological polar surface area (TPSA) is 97.2 Å². The number of hydrogen-bond donors (Lipinski definition) is 3. The van der Waals surface area contributed by atoms with Crippen molar-refractivity contribution in [3.63, 3.8) is 0 Å². The van der Waals surface area contributed by atoms with Crippen LogP contribution in [-0.4, -0.2) is 29.1 Å². The number of hydrogen-bond acceptors (Lipinski definition) is 8. The fourth-order valence-electron chi connectivity index (χ4n) is 2.69. The van der Waals surface area contributed by atoms with Crippen molar-refractivity contribution in [3.05, 3.63) is 48.7 Å². The molecule has 4 rings (SSSR count). The van der Waals surface area contributed by atoms with E-state index in [-0.39, 0.29) is 0 Å². The third-order valence-corrected chi connectivity index (χ3v) is 4.82. The Morgan fingerprint density at radius 3 is 2.86 bits per heavy atom. The van der Waals surface area contributed by atoms with Crippen LogP contribution in [0.1, 0.15) is 6.92 Å². The SMILES string of the molecule is CCOc1ccccc1SNc1noc2cc(Nc3ccn[nH]3)c(OC)cc12. The lowest BCUT2D eigenvalue weighted by Gasteiger charge is -2.10. The molecule has 0 aliphatic heterocycles. The zero-order valence-electron chi connectivity index (χ0n) is 15.4. The molecule has 0 aliphatic carbocycles. The summed E-state index contributed by atoms with van der Waals surface area (Å²) >= 11 is 1.41. The Balaban J connectivity index is 1.59. The van der Waals surface area contributed by atoms with Gasteiger partial charge in [0.15, 0.2) is 11.4 Å². The maximum absolute atomic E-state index is 5.66. The van der Waals surface area contributed by atoms with Gasteiger partial charge in [0.1, 0.15) is 17.3 Å². The van der Waals surface area contributed by atoms with Crippen LogP contribution in [0.4, 0.5) is 17.3 Å². The lowest BCUT2D eigenvalue weighted by molar-refractivity contribution is 0.332. The van der Waals surface area contributed by atoms with E-state index in [1.165, 1.54) is 11.9 Å².